The minimum Gasteiger partial charge on any atom is -0.391 e. The van der Waals surface area contributed by atoms with E-state index in [9.17, 15) is 4.79 Å². The molecular formula is C19H20ClN3O2S. The maximum atomic E-state index is 12.1. The molecule has 136 valence electrons. The maximum Gasteiger partial charge on any atom is 0.270 e. The van der Waals surface area contributed by atoms with Gasteiger partial charge in [0.2, 0.25) is 0 Å². The predicted molar refractivity (Wildman–Crippen MR) is 109 cm³/mol. The SMILES string of the molecule is CNC(=O)/C(=N\SC)c1ccccc1CO/N=C(\C)c1ccc(Cl)cc1. The third-order valence-corrected chi connectivity index (χ3v) is 4.20. The molecule has 0 heterocycles. The van der Waals surface area contributed by atoms with Gasteiger partial charge in [-0.15, -0.1) is 0 Å². The highest BCUT2D eigenvalue weighted by Gasteiger charge is 2.16. The molecule has 1 amide bonds. The largest absolute Gasteiger partial charge is 0.391 e. The molecule has 0 saturated carbocycles. The minimum absolute atomic E-state index is 0.228. The lowest BCUT2D eigenvalue weighted by molar-refractivity contribution is -0.114. The van der Waals surface area contributed by atoms with Crippen molar-refractivity contribution in [2.24, 2.45) is 9.55 Å². The van der Waals surface area contributed by atoms with Crippen LogP contribution in [0.15, 0.2) is 58.1 Å². The predicted octanol–water partition coefficient (Wildman–Crippen LogP) is 4.09. The molecule has 0 atom stereocenters. The van der Waals surface area contributed by atoms with Gasteiger partial charge in [-0.05, 0) is 36.6 Å². The molecule has 0 radical (unpaired) electrons. The van der Waals surface area contributed by atoms with Crippen LogP contribution in [0.1, 0.15) is 23.6 Å². The number of benzene rings is 2. The molecule has 0 bridgehead atoms. The second kappa shape index (κ2) is 9.99. The molecule has 0 fully saturated rings. The van der Waals surface area contributed by atoms with Crippen molar-refractivity contribution in [3.05, 3.63) is 70.2 Å². The second-order valence-electron chi connectivity index (χ2n) is 5.32. The van der Waals surface area contributed by atoms with Crippen molar-refractivity contribution in [1.29, 1.82) is 0 Å². The molecule has 0 aliphatic heterocycles. The summed E-state index contributed by atoms with van der Waals surface area (Å²) in [7, 11) is 1.58. The van der Waals surface area contributed by atoms with Crippen molar-refractivity contribution in [2.45, 2.75) is 13.5 Å². The topological polar surface area (TPSA) is 63.0 Å². The standard InChI is InChI=1S/C19H20ClN3O2S/c1-13(14-8-10-16(20)11-9-14)22-25-12-15-6-4-5-7-17(15)18(23-26-3)19(24)21-2/h4-11H,12H2,1-3H3,(H,21,24)/b22-13+,23-18-. The summed E-state index contributed by atoms with van der Waals surface area (Å²) in [5.41, 5.74) is 3.58. The summed E-state index contributed by atoms with van der Waals surface area (Å²) in [5.74, 6) is -0.243. The van der Waals surface area contributed by atoms with E-state index in [1.807, 2.05) is 49.6 Å². The fourth-order valence-corrected chi connectivity index (χ4v) is 2.73. The Kier molecular flexibility index (Phi) is 7.69. The van der Waals surface area contributed by atoms with Gasteiger partial charge in [0.15, 0.2) is 0 Å². The molecule has 0 saturated heterocycles. The van der Waals surface area contributed by atoms with Gasteiger partial charge in [0, 0.05) is 29.5 Å². The van der Waals surface area contributed by atoms with Crippen molar-refractivity contribution in [3.8, 4) is 0 Å². The van der Waals surface area contributed by atoms with Crippen LogP contribution in [0.2, 0.25) is 5.02 Å². The third kappa shape index (κ3) is 5.34. The Morgan fingerprint density at radius 1 is 1.19 bits per heavy atom. The zero-order valence-corrected chi connectivity index (χ0v) is 16.4. The van der Waals surface area contributed by atoms with Gasteiger partial charge in [-0.25, -0.2) is 4.40 Å². The molecule has 7 heteroatoms. The number of carbonyl (C=O) groups excluding carboxylic acids is 1. The fraction of sp³-hybridized carbons (Fsp3) is 0.211. The number of nitrogens with zero attached hydrogens (tertiary/aromatic N) is 2. The quantitative estimate of drug-likeness (QED) is 0.440. The number of likely N-dealkylation sites (N-methyl/N-ethyl adjacent to an activating group) is 1. The van der Waals surface area contributed by atoms with Gasteiger partial charge in [0.05, 0.1) is 5.71 Å². The number of rotatable bonds is 7. The number of nitrogens with one attached hydrogen (secondary N) is 1. The monoisotopic (exact) mass is 389 g/mol. The lowest BCUT2D eigenvalue weighted by Crippen LogP contribution is -2.29. The van der Waals surface area contributed by atoms with Gasteiger partial charge < -0.3 is 10.2 Å². The highest BCUT2D eigenvalue weighted by atomic mass is 35.5. The number of oxime groups is 1. The number of amides is 1. The molecular weight excluding hydrogens is 370 g/mol. The molecule has 0 unspecified atom stereocenters. The van der Waals surface area contributed by atoms with Gasteiger partial charge in [0.1, 0.15) is 12.3 Å². The van der Waals surface area contributed by atoms with Crippen molar-refractivity contribution in [2.75, 3.05) is 13.3 Å². The van der Waals surface area contributed by atoms with E-state index in [2.05, 4.69) is 14.9 Å². The summed E-state index contributed by atoms with van der Waals surface area (Å²) < 4.78 is 4.24. The highest BCUT2D eigenvalue weighted by molar-refractivity contribution is 7.97. The molecule has 26 heavy (non-hydrogen) atoms. The molecule has 2 aromatic carbocycles. The summed E-state index contributed by atoms with van der Waals surface area (Å²) in [6.45, 7) is 2.09. The van der Waals surface area contributed by atoms with Crippen LogP contribution in [0.3, 0.4) is 0 Å². The van der Waals surface area contributed by atoms with Crippen LogP contribution in [0.25, 0.3) is 0 Å². The minimum atomic E-state index is -0.243. The van der Waals surface area contributed by atoms with Crippen LogP contribution >= 0.6 is 23.5 Å². The van der Waals surface area contributed by atoms with Crippen molar-refractivity contribution < 1.29 is 9.63 Å². The number of hydrogen-bond acceptors (Lipinski definition) is 5. The summed E-state index contributed by atoms with van der Waals surface area (Å²) in [6, 6.07) is 14.9. The normalized spacial score (nSPS) is 12.0. The van der Waals surface area contributed by atoms with Crippen LogP contribution in [0, 0.1) is 0 Å². The Morgan fingerprint density at radius 2 is 1.88 bits per heavy atom. The number of hydrogen-bond donors (Lipinski definition) is 1. The van der Waals surface area contributed by atoms with Crippen LogP contribution in [0.5, 0.6) is 0 Å². The van der Waals surface area contributed by atoms with E-state index >= 15 is 0 Å². The first-order chi connectivity index (χ1) is 12.6. The smallest absolute Gasteiger partial charge is 0.270 e. The third-order valence-electron chi connectivity index (χ3n) is 3.58. The molecule has 1 N–H and O–H groups in total. The summed E-state index contributed by atoms with van der Waals surface area (Å²) in [4.78, 5) is 17.6. The summed E-state index contributed by atoms with van der Waals surface area (Å²) >= 11 is 7.13. The molecule has 0 aliphatic rings. The van der Waals surface area contributed by atoms with Crippen LogP contribution in [0.4, 0.5) is 0 Å². The molecule has 2 aromatic rings. The zero-order chi connectivity index (χ0) is 18.9. The van der Waals surface area contributed by atoms with Gasteiger partial charge in [-0.3, -0.25) is 4.79 Å². The lowest BCUT2D eigenvalue weighted by atomic mass is 10.0. The Morgan fingerprint density at radius 3 is 2.54 bits per heavy atom. The van der Waals surface area contributed by atoms with Gasteiger partial charge in [0.25, 0.3) is 5.91 Å². The van der Waals surface area contributed by atoms with E-state index in [0.717, 1.165) is 22.4 Å². The van der Waals surface area contributed by atoms with Crippen molar-refractivity contribution >= 4 is 40.9 Å². The van der Waals surface area contributed by atoms with E-state index in [1.54, 1.807) is 19.2 Å². The van der Waals surface area contributed by atoms with Gasteiger partial charge in [-0.2, -0.15) is 0 Å². The van der Waals surface area contributed by atoms with E-state index < -0.39 is 0 Å². The first-order valence-corrected chi connectivity index (χ1v) is 9.46. The molecule has 0 spiro atoms. The zero-order valence-electron chi connectivity index (χ0n) is 14.8. The van der Waals surface area contributed by atoms with Crippen LogP contribution in [-0.4, -0.2) is 30.6 Å². The van der Waals surface area contributed by atoms with Gasteiger partial charge >= 0.3 is 0 Å². The lowest BCUT2D eigenvalue weighted by Gasteiger charge is -2.10. The Balaban J connectivity index is 2.17. The Hall–Kier alpha value is -2.31. The molecule has 0 aliphatic carbocycles. The van der Waals surface area contributed by atoms with Gasteiger partial charge in [-0.1, -0.05) is 53.2 Å². The second-order valence-corrected chi connectivity index (χ2v) is 6.30. The molecule has 0 aromatic heterocycles. The van der Waals surface area contributed by atoms with Crippen LogP contribution < -0.4 is 5.32 Å². The Labute approximate surface area is 162 Å². The van der Waals surface area contributed by atoms with E-state index in [4.69, 9.17) is 16.4 Å². The van der Waals surface area contributed by atoms with E-state index in [0.29, 0.717) is 10.7 Å². The first-order valence-electron chi connectivity index (χ1n) is 7.90. The molecule has 5 nitrogen and oxygen atoms in total. The number of carbonyl (C=O) groups is 1. The summed E-state index contributed by atoms with van der Waals surface area (Å²) in [5, 5.41) is 7.44. The Bertz CT molecular complexity index is 820. The maximum absolute atomic E-state index is 12.1. The first kappa shape index (κ1) is 20.0. The highest BCUT2D eigenvalue weighted by Crippen LogP contribution is 2.15. The van der Waals surface area contributed by atoms with Crippen molar-refractivity contribution in [1.82, 2.24) is 5.32 Å². The van der Waals surface area contributed by atoms with Crippen molar-refractivity contribution in [3.63, 3.8) is 0 Å². The van der Waals surface area contributed by atoms with E-state index in [-0.39, 0.29) is 12.5 Å². The number of halogens is 1. The average Bonchev–Trinajstić information content (AvgIpc) is 2.66. The average molecular weight is 390 g/mol. The van der Waals surface area contributed by atoms with Crippen LogP contribution in [-0.2, 0) is 16.2 Å². The fourth-order valence-electron chi connectivity index (χ4n) is 2.24. The molecule has 2 rings (SSSR count). The summed E-state index contributed by atoms with van der Waals surface area (Å²) in [6.07, 6.45) is 1.81. The van der Waals surface area contributed by atoms with E-state index in [1.165, 1.54) is 11.9 Å².